The van der Waals surface area contributed by atoms with Gasteiger partial charge in [-0.05, 0) is 118 Å². The first-order valence-electron chi connectivity index (χ1n) is 12.9. The minimum Gasteiger partial charge on any atom is -0.497 e. The number of ether oxygens (including phenoxy) is 1. The molecule has 4 nitrogen and oxygen atoms in total. The lowest BCUT2D eigenvalue weighted by Crippen LogP contribution is -2.41. The molecule has 0 N–H and O–H groups in total. The highest BCUT2D eigenvalue weighted by atomic mass is 16.5. The number of benzene rings is 1. The SMILES string of the molecule is CCC[C@H]1CN(CCCCc2ccoc2)CC[C@H]1CCCc1ccnc2ccc(OC)cc12. The van der Waals surface area contributed by atoms with Crippen LogP contribution in [-0.4, -0.2) is 36.6 Å². The molecule has 0 bridgehead atoms. The van der Waals surface area contributed by atoms with Gasteiger partial charge in [-0.15, -0.1) is 0 Å². The molecule has 1 saturated heterocycles. The lowest BCUT2D eigenvalue weighted by Gasteiger charge is -2.39. The van der Waals surface area contributed by atoms with E-state index in [1.165, 1.54) is 81.1 Å². The second-order valence-corrected chi connectivity index (χ2v) is 9.73. The van der Waals surface area contributed by atoms with E-state index in [2.05, 4.69) is 41.1 Å². The van der Waals surface area contributed by atoms with Gasteiger partial charge >= 0.3 is 0 Å². The number of rotatable bonds is 12. The molecule has 0 saturated carbocycles. The van der Waals surface area contributed by atoms with Crippen LogP contribution in [0.5, 0.6) is 5.75 Å². The summed E-state index contributed by atoms with van der Waals surface area (Å²) in [6.07, 6.45) is 17.0. The van der Waals surface area contributed by atoms with Gasteiger partial charge in [-0.2, -0.15) is 0 Å². The number of methoxy groups -OCH3 is 1. The van der Waals surface area contributed by atoms with E-state index in [0.29, 0.717) is 0 Å². The summed E-state index contributed by atoms with van der Waals surface area (Å²) < 4.78 is 10.6. The Labute approximate surface area is 199 Å². The van der Waals surface area contributed by atoms with E-state index < -0.39 is 0 Å². The van der Waals surface area contributed by atoms with Gasteiger partial charge in [0.05, 0.1) is 25.2 Å². The average molecular weight is 449 g/mol. The van der Waals surface area contributed by atoms with Gasteiger partial charge in [-0.3, -0.25) is 4.98 Å². The molecular weight excluding hydrogens is 408 g/mol. The molecule has 3 heterocycles. The fraction of sp³-hybridized carbons (Fsp3) is 0.552. The summed E-state index contributed by atoms with van der Waals surface area (Å²) in [5, 5.41) is 1.24. The van der Waals surface area contributed by atoms with Crippen molar-refractivity contribution in [3.63, 3.8) is 0 Å². The average Bonchev–Trinajstić information content (AvgIpc) is 3.37. The maximum absolute atomic E-state index is 5.45. The van der Waals surface area contributed by atoms with Crippen molar-refractivity contribution in [2.75, 3.05) is 26.7 Å². The Morgan fingerprint density at radius 2 is 2.00 bits per heavy atom. The van der Waals surface area contributed by atoms with Gasteiger partial charge < -0.3 is 14.1 Å². The largest absolute Gasteiger partial charge is 0.497 e. The fourth-order valence-corrected chi connectivity index (χ4v) is 5.62. The zero-order chi connectivity index (χ0) is 22.9. The molecule has 1 aromatic carbocycles. The number of piperidine rings is 1. The van der Waals surface area contributed by atoms with Crippen LogP contribution in [-0.2, 0) is 12.8 Å². The van der Waals surface area contributed by atoms with Gasteiger partial charge in [0.2, 0.25) is 0 Å². The third kappa shape index (κ3) is 6.60. The number of unbranched alkanes of at least 4 members (excludes halogenated alkanes) is 1. The van der Waals surface area contributed by atoms with Gasteiger partial charge in [0, 0.05) is 18.1 Å². The van der Waals surface area contributed by atoms with Crippen molar-refractivity contribution < 1.29 is 9.15 Å². The molecule has 2 atom stereocenters. The van der Waals surface area contributed by atoms with Crippen LogP contribution >= 0.6 is 0 Å². The first-order chi connectivity index (χ1) is 16.3. The van der Waals surface area contributed by atoms with Crippen molar-refractivity contribution in [3.8, 4) is 5.75 Å². The minimum atomic E-state index is 0.854. The van der Waals surface area contributed by atoms with E-state index in [9.17, 15) is 0 Å². The highest BCUT2D eigenvalue weighted by Gasteiger charge is 2.28. The smallest absolute Gasteiger partial charge is 0.119 e. The number of aryl methyl sites for hydroxylation is 2. The van der Waals surface area contributed by atoms with Crippen LogP contribution in [0.2, 0.25) is 0 Å². The Morgan fingerprint density at radius 1 is 1.06 bits per heavy atom. The van der Waals surface area contributed by atoms with Crippen molar-refractivity contribution in [1.82, 2.24) is 9.88 Å². The first-order valence-corrected chi connectivity index (χ1v) is 12.9. The molecule has 0 unspecified atom stereocenters. The van der Waals surface area contributed by atoms with Crippen molar-refractivity contribution in [3.05, 3.63) is 60.2 Å². The normalized spacial score (nSPS) is 19.2. The first kappa shape index (κ1) is 23.8. The van der Waals surface area contributed by atoms with Crippen LogP contribution in [0.25, 0.3) is 10.9 Å². The molecule has 0 radical (unpaired) electrons. The standard InChI is InChI=1S/C29H40N2O2/c1-3-7-26-21-31(17-5-4-8-23-15-19-33-22-23)18-14-24(26)9-6-10-25-13-16-30-29-12-11-27(32-2)20-28(25)29/h11-13,15-16,19-20,22,24,26H,3-10,14,17-18,21H2,1-2H3/t24-,26+/m1/s1. The van der Waals surface area contributed by atoms with Gasteiger partial charge in [0.25, 0.3) is 0 Å². The highest BCUT2D eigenvalue weighted by Crippen LogP contribution is 2.32. The highest BCUT2D eigenvalue weighted by molar-refractivity contribution is 5.83. The van der Waals surface area contributed by atoms with Crippen molar-refractivity contribution in [2.45, 2.75) is 64.7 Å². The van der Waals surface area contributed by atoms with Gasteiger partial charge in [-0.1, -0.05) is 13.3 Å². The number of hydrogen-bond acceptors (Lipinski definition) is 4. The Kier molecular flexibility index (Phi) is 8.82. The van der Waals surface area contributed by atoms with Gasteiger partial charge in [0.1, 0.15) is 5.75 Å². The summed E-state index contributed by atoms with van der Waals surface area (Å²) in [5.41, 5.74) is 3.80. The molecule has 1 aliphatic rings. The maximum atomic E-state index is 5.45. The second-order valence-electron chi connectivity index (χ2n) is 9.73. The van der Waals surface area contributed by atoms with E-state index in [1.54, 1.807) is 13.4 Å². The lowest BCUT2D eigenvalue weighted by atomic mass is 9.79. The number of fused-ring (bicyclic) bond motifs is 1. The molecule has 1 aliphatic heterocycles. The van der Waals surface area contributed by atoms with Crippen LogP contribution in [0, 0.1) is 11.8 Å². The molecule has 1 fully saturated rings. The summed E-state index contributed by atoms with van der Waals surface area (Å²) in [5.74, 6) is 2.64. The second kappa shape index (κ2) is 12.2. The minimum absolute atomic E-state index is 0.854. The van der Waals surface area contributed by atoms with Crippen LogP contribution in [0.3, 0.4) is 0 Å². The Hall–Kier alpha value is -2.33. The summed E-state index contributed by atoms with van der Waals surface area (Å²) >= 11 is 0. The number of hydrogen-bond donors (Lipinski definition) is 0. The number of aromatic nitrogens is 1. The molecule has 3 aromatic rings. The van der Waals surface area contributed by atoms with Crippen molar-refractivity contribution in [1.29, 1.82) is 0 Å². The summed E-state index contributed by atoms with van der Waals surface area (Å²) in [4.78, 5) is 7.27. The number of nitrogens with zero attached hydrogens (tertiary/aromatic N) is 2. The predicted molar refractivity (Wildman–Crippen MR) is 136 cm³/mol. The Morgan fingerprint density at radius 3 is 2.82 bits per heavy atom. The fourth-order valence-electron chi connectivity index (χ4n) is 5.62. The molecule has 4 heteroatoms. The molecule has 0 spiro atoms. The van der Waals surface area contributed by atoms with E-state index in [0.717, 1.165) is 35.9 Å². The third-order valence-electron chi connectivity index (χ3n) is 7.46. The molecule has 33 heavy (non-hydrogen) atoms. The monoisotopic (exact) mass is 448 g/mol. The number of likely N-dealkylation sites (tertiary alicyclic amines) is 1. The van der Waals surface area contributed by atoms with E-state index in [4.69, 9.17) is 9.15 Å². The third-order valence-corrected chi connectivity index (χ3v) is 7.46. The van der Waals surface area contributed by atoms with Crippen molar-refractivity contribution >= 4 is 10.9 Å². The van der Waals surface area contributed by atoms with Crippen LogP contribution in [0.4, 0.5) is 0 Å². The number of pyridine rings is 1. The van der Waals surface area contributed by atoms with Crippen LogP contribution < -0.4 is 4.74 Å². The zero-order valence-corrected chi connectivity index (χ0v) is 20.5. The molecule has 178 valence electrons. The van der Waals surface area contributed by atoms with Crippen molar-refractivity contribution in [2.24, 2.45) is 11.8 Å². The molecule has 2 aromatic heterocycles. The molecule has 0 amide bonds. The van der Waals surface area contributed by atoms with Gasteiger partial charge in [0.15, 0.2) is 0 Å². The number of furan rings is 1. The molecule has 4 rings (SSSR count). The van der Waals surface area contributed by atoms with E-state index in [1.807, 2.05) is 18.5 Å². The van der Waals surface area contributed by atoms with E-state index in [-0.39, 0.29) is 0 Å². The Balaban J connectivity index is 1.25. The zero-order valence-electron chi connectivity index (χ0n) is 20.5. The van der Waals surface area contributed by atoms with Crippen LogP contribution in [0.15, 0.2) is 53.5 Å². The summed E-state index contributed by atoms with van der Waals surface area (Å²) in [6, 6.07) is 10.5. The topological polar surface area (TPSA) is 38.5 Å². The summed E-state index contributed by atoms with van der Waals surface area (Å²) in [6.45, 7) is 6.15. The lowest BCUT2D eigenvalue weighted by molar-refractivity contribution is 0.104. The maximum Gasteiger partial charge on any atom is 0.119 e. The Bertz CT molecular complexity index is 969. The van der Waals surface area contributed by atoms with E-state index >= 15 is 0 Å². The predicted octanol–water partition coefficient (Wildman–Crippen LogP) is 6.92. The van der Waals surface area contributed by atoms with Crippen LogP contribution in [0.1, 0.15) is 63.0 Å². The molecule has 0 aliphatic carbocycles. The quantitative estimate of drug-likeness (QED) is 0.282. The summed E-state index contributed by atoms with van der Waals surface area (Å²) in [7, 11) is 1.73. The van der Waals surface area contributed by atoms with Gasteiger partial charge in [-0.25, -0.2) is 0 Å². The molecular formula is C29H40N2O2.